The van der Waals surface area contributed by atoms with Crippen LogP contribution in [0.25, 0.3) is 0 Å². The highest BCUT2D eigenvalue weighted by Crippen LogP contribution is 2.36. The van der Waals surface area contributed by atoms with Crippen LogP contribution in [0.1, 0.15) is 46.0 Å². The number of phenols is 1. The van der Waals surface area contributed by atoms with Gasteiger partial charge in [0.25, 0.3) is 0 Å². The second kappa shape index (κ2) is 15.0. The van der Waals surface area contributed by atoms with Crippen molar-refractivity contribution < 1.29 is 14.6 Å². The third kappa shape index (κ3) is 10.4. The van der Waals surface area contributed by atoms with Crippen LogP contribution in [0.5, 0.6) is 11.5 Å². The molecule has 0 aliphatic carbocycles. The number of thioether (sulfide) groups is 2. The van der Waals surface area contributed by atoms with Crippen LogP contribution in [0.15, 0.2) is 12.1 Å². The first-order chi connectivity index (χ1) is 12.6. The van der Waals surface area contributed by atoms with Gasteiger partial charge in [-0.1, -0.05) is 37.0 Å². The first-order valence-electron chi connectivity index (χ1n) is 9.20. The van der Waals surface area contributed by atoms with Crippen molar-refractivity contribution in [2.75, 3.05) is 31.3 Å². The highest BCUT2D eigenvalue weighted by molar-refractivity contribution is 8.17. The minimum Gasteiger partial charge on any atom is -0.508 e. The molecule has 0 radical (unpaired) electrons. The predicted molar refractivity (Wildman–Crippen MR) is 118 cm³/mol. The van der Waals surface area contributed by atoms with E-state index in [0.29, 0.717) is 27.0 Å². The van der Waals surface area contributed by atoms with Crippen molar-refractivity contribution >= 4 is 46.7 Å². The van der Waals surface area contributed by atoms with E-state index >= 15 is 0 Å². The van der Waals surface area contributed by atoms with Crippen molar-refractivity contribution in [1.29, 1.82) is 0 Å². The van der Waals surface area contributed by atoms with E-state index in [4.69, 9.17) is 32.7 Å². The number of rotatable bonds is 15. The average molecular weight is 441 g/mol. The lowest BCUT2D eigenvalue weighted by Crippen LogP contribution is -2.11. The Bertz CT molecular complexity index is 473. The van der Waals surface area contributed by atoms with Crippen molar-refractivity contribution in [2.24, 2.45) is 0 Å². The number of halogens is 2. The first kappa shape index (κ1) is 24.1. The van der Waals surface area contributed by atoms with Crippen molar-refractivity contribution in [3.63, 3.8) is 0 Å². The Morgan fingerprint density at radius 1 is 0.962 bits per heavy atom. The molecule has 0 amide bonds. The summed E-state index contributed by atoms with van der Waals surface area (Å²) >= 11 is 16.1. The molecule has 0 heterocycles. The number of unbranched alkanes of at least 4 members (excludes halogenated alkanes) is 2. The Balaban J connectivity index is 2.11. The van der Waals surface area contributed by atoms with E-state index in [2.05, 4.69) is 13.8 Å². The number of phenolic OH excluding ortho intramolecular Hbond substituents is 1. The van der Waals surface area contributed by atoms with Crippen LogP contribution in [0.2, 0.25) is 10.0 Å². The zero-order valence-electron chi connectivity index (χ0n) is 15.6. The largest absolute Gasteiger partial charge is 0.508 e. The zero-order chi connectivity index (χ0) is 19.2. The second-order valence-electron chi connectivity index (χ2n) is 5.89. The summed E-state index contributed by atoms with van der Waals surface area (Å²) in [4.78, 5) is 0. The standard InChI is InChI=1S/C19H30Cl2O3S2/c1-3-10-25-18(26-11-4-2)14-23-8-6-5-7-9-24-19-16(20)12-15(22)13-17(19)21/h12-13,18,22H,3-11,14H2,1-2H3. The Morgan fingerprint density at radius 2 is 1.54 bits per heavy atom. The molecule has 0 spiro atoms. The summed E-state index contributed by atoms with van der Waals surface area (Å²) in [5.74, 6) is 2.87. The van der Waals surface area contributed by atoms with Crippen molar-refractivity contribution in [3.8, 4) is 11.5 Å². The summed E-state index contributed by atoms with van der Waals surface area (Å²) in [7, 11) is 0. The molecule has 0 saturated heterocycles. The molecule has 0 fully saturated rings. The number of benzene rings is 1. The molecule has 0 unspecified atom stereocenters. The molecule has 0 aromatic heterocycles. The minimum absolute atomic E-state index is 0.0389. The molecule has 0 atom stereocenters. The fourth-order valence-corrected chi connectivity index (χ4v) is 5.09. The summed E-state index contributed by atoms with van der Waals surface area (Å²) in [6, 6.07) is 2.86. The van der Waals surface area contributed by atoms with Gasteiger partial charge in [0.15, 0.2) is 5.75 Å². The van der Waals surface area contributed by atoms with Gasteiger partial charge in [0.2, 0.25) is 0 Å². The SMILES string of the molecule is CCCSC(COCCCCCOc1c(Cl)cc(O)cc1Cl)SCCC. The Hall–Kier alpha value is 0.0600. The zero-order valence-corrected chi connectivity index (χ0v) is 18.8. The Kier molecular flexibility index (Phi) is 13.9. The van der Waals surface area contributed by atoms with Crippen molar-refractivity contribution in [1.82, 2.24) is 0 Å². The number of ether oxygens (including phenoxy) is 2. The van der Waals surface area contributed by atoms with E-state index < -0.39 is 0 Å². The number of aromatic hydroxyl groups is 1. The van der Waals surface area contributed by atoms with Gasteiger partial charge in [0.1, 0.15) is 5.75 Å². The normalized spacial score (nSPS) is 11.3. The maximum atomic E-state index is 9.40. The van der Waals surface area contributed by atoms with Gasteiger partial charge in [-0.05, 0) is 43.6 Å². The monoisotopic (exact) mass is 440 g/mol. The molecule has 1 aromatic carbocycles. The molecule has 1 N–H and O–H groups in total. The van der Waals surface area contributed by atoms with Crippen LogP contribution in [0.4, 0.5) is 0 Å². The maximum absolute atomic E-state index is 9.40. The van der Waals surface area contributed by atoms with Crippen molar-refractivity contribution in [3.05, 3.63) is 22.2 Å². The summed E-state index contributed by atoms with van der Waals surface area (Å²) in [6.45, 7) is 6.60. The molecule has 1 aromatic rings. The van der Waals surface area contributed by atoms with Gasteiger partial charge in [0.05, 0.1) is 27.8 Å². The number of hydrogen-bond acceptors (Lipinski definition) is 5. The Morgan fingerprint density at radius 3 is 2.12 bits per heavy atom. The van der Waals surface area contributed by atoms with Crippen LogP contribution in [-0.2, 0) is 4.74 Å². The molecule has 26 heavy (non-hydrogen) atoms. The van der Waals surface area contributed by atoms with Crippen LogP contribution in [-0.4, -0.2) is 41.0 Å². The average Bonchev–Trinajstić information content (AvgIpc) is 2.60. The van der Waals surface area contributed by atoms with Gasteiger partial charge < -0.3 is 14.6 Å². The minimum atomic E-state index is 0.0389. The molecule has 0 aliphatic rings. The first-order valence-corrected chi connectivity index (χ1v) is 12.1. The van der Waals surface area contributed by atoms with Gasteiger partial charge in [-0.3, -0.25) is 0 Å². The smallest absolute Gasteiger partial charge is 0.156 e. The van der Waals surface area contributed by atoms with E-state index in [9.17, 15) is 5.11 Å². The molecular weight excluding hydrogens is 411 g/mol. The lowest BCUT2D eigenvalue weighted by molar-refractivity contribution is 0.140. The van der Waals surface area contributed by atoms with E-state index in [1.54, 1.807) is 0 Å². The molecule has 1 rings (SSSR count). The third-order valence-electron chi connectivity index (χ3n) is 3.43. The highest BCUT2D eigenvalue weighted by Gasteiger charge is 2.10. The molecule has 0 aliphatic heterocycles. The quantitative estimate of drug-likeness (QED) is 0.237. The summed E-state index contributed by atoms with van der Waals surface area (Å²) in [5, 5.41) is 10.1. The highest BCUT2D eigenvalue weighted by atomic mass is 35.5. The van der Waals surface area contributed by atoms with E-state index in [-0.39, 0.29) is 5.75 Å². The lowest BCUT2D eigenvalue weighted by Gasteiger charge is -2.16. The van der Waals surface area contributed by atoms with E-state index in [1.165, 1.54) is 36.5 Å². The summed E-state index contributed by atoms with van der Waals surface area (Å²) < 4.78 is 12.0. The van der Waals surface area contributed by atoms with Gasteiger partial charge in [-0.15, -0.1) is 23.5 Å². The Labute approximate surface area is 176 Å². The van der Waals surface area contributed by atoms with Crippen molar-refractivity contribution in [2.45, 2.75) is 50.5 Å². The number of hydrogen-bond donors (Lipinski definition) is 1. The molecular formula is C19H30Cl2O3S2. The molecule has 3 nitrogen and oxygen atoms in total. The van der Waals surface area contributed by atoms with Crippen LogP contribution >= 0.6 is 46.7 Å². The molecule has 0 saturated carbocycles. The summed E-state index contributed by atoms with van der Waals surface area (Å²) in [6.07, 6.45) is 5.38. The fraction of sp³-hybridized carbons (Fsp3) is 0.684. The van der Waals surface area contributed by atoms with Crippen LogP contribution in [0, 0.1) is 0 Å². The van der Waals surface area contributed by atoms with E-state index in [0.717, 1.165) is 32.5 Å². The summed E-state index contributed by atoms with van der Waals surface area (Å²) in [5.41, 5.74) is 0. The molecule has 7 heteroatoms. The van der Waals surface area contributed by atoms with Gasteiger partial charge in [-0.25, -0.2) is 0 Å². The maximum Gasteiger partial charge on any atom is 0.156 e. The second-order valence-corrected chi connectivity index (χ2v) is 9.63. The van der Waals surface area contributed by atoms with Crippen LogP contribution < -0.4 is 4.74 Å². The van der Waals surface area contributed by atoms with Gasteiger partial charge in [-0.2, -0.15) is 0 Å². The van der Waals surface area contributed by atoms with Gasteiger partial charge in [0, 0.05) is 18.7 Å². The third-order valence-corrected chi connectivity index (χ3v) is 7.11. The molecule has 150 valence electrons. The fourth-order valence-electron chi connectivity index (χ4n) is 2.16. The van der Waals surface area contributed by atoms with Crippen LogP contribution in [0.3, 0.4) is 0 Å². The molecule has 0 bridgehead atoms. The topological polar surface area (TPSA) is 38.7 Å². The van der Waals surface area contributed by atoms with E-state index in [1.807, 2.05) is 23.5 Å². The van der Waals surface area contributed by atoms with Gasteiger partial charge >= 0.3 is 0 Å². The predicted octanol–water partition coefficient (Wildman–Crippen LogP) is 6.88. The lowest BCUT2D eigenvalue weighted by atomic mass is 10.2.